The molecule has 1 heterocycles. The highest BCUT2D eigenvalue weighted by Crippen LogP contribution is 2.28. The molecular formula is C32H38N4O5S. The summed E-state index contributed by atoms with van der Waals surface area (Å²) in [5.41, 5.74) is 1.77. The van der Waals surface area contributed by atoms with Gasteiger partial charge < -0.3 is 25.0 Å². The highest BCUT2D eigenvalue weighted by Gasteiger charge is 2.23. The Morgan fingerprint density at radius 1 is 1.05 bits per heavy atom. The lowest BCUT2D eigenvalue weighted by Gasteiger charge is -2.28. The van der Waals surface area contributed by atoms with Gasteiger partial charge in [-0.15, -0.1) is 0 Å². The lowest BCUT2D eigenvalue weighted by molar-refractivity contribution is 0.158. The molecule has 3 aromatic carbocycles. The number of fused-ring (bicyclic) bond motifs is 1. The summed E-state index contributed by atoms with van der Waals surface area (Å²) in [5.74, 6) is 1.11. The quantitative estimate of drug-likeness (QED) is 0.165. The van der Waals surface area contributed by atoms with Crippen LogP contribution in [-0.4, -0.2) is 42.8 Å². The van der Waals surface area contributed by atoms with Crippen LogP contribution in [0.15, 0.2) is 90.0 Å². The minimum atomic E-state index is -3.72. The van der Waals surface area contributed by atoms with Gasteiger partial charge in [0.2, 0.25) is 0 Å². The van der Waals surface area contributed by atoms with Crippen molar-refractivity contribution in [1.29, 1.82) is 0 Å². The molecular weight excluding hydrogens is 552 g/mol. The van der Waals surface area contributed by atoms with Crippen LogP contribution >= 0.6 is 0 Å². The number of β-amino-alcohol motifs (C(OH)–C–C–N with tert-alkyl or cyclic N) is 1. The van der Waals surface area contributed by atoms with Gasteiger partial charge >= 0.3 is 6.09 Å². The molecule has 0 spiro atoms. The third kappa shape index (κ3) is 7.90. The van der Waals surface area contributed by atoms with E-state index in [0.29, 0.717) is 36.0 Å². The zero-order valence-corrected chi connectivity index (χ0v) is 24.7. The molecule has 1 aliphatic carbocycles. The Balaban J connectivity index is 1.13. The van der Waals surface area contributed by atoms with Crippen molar-refractivity contribution in [1.82, 2.24) is 15.2 Å². The number of hydrogen-bond acceptors (Lipinski definition) is 6. The first-order valence-electron chi connectivity index (χ1n) is 14.2. The van der Waals surface area contributed by atoms with Crippen LogP contribution in [0.25, 0.3) is 10.9 Å². The van der Waals surface area contributed by atoms with Crippen LogP contribution in [0, 0.1) is 5.92 Å². The van der Waals surface area contributed by atoms with Gasteiger partial charge in [0.1, 0.15) is 5.75 Å². The van der Waals surface area contributed by atoms with Gasteiger partial charge in [-0.3, -0.25) is 4.72 Å². The average molecular weight is 591 g/mol. The monoisotopic (exact) mass is 590 g/mol. The predicted octanol–water partition coefficient (Wildman–Crippen LogP) is 5.43. The van der Waals surface area contributed by atoms with E-state index < -0.39 is 22.2 Å². The Labute approximate surface area is 246 Å². The third-order valence-electron chi connectivity index (χ3n) is 7.51. The maximum Gasteiger partial charge on any atom is 0.412 e. The van der Waals surface area contributed by atoms with Gasteiger partial charge in [0, 0.05) is 48.0 Å². The highest BCUT2D eigenvalue weighted by molar-refractivity contribution is 7.92. The molecule has 0 unspecified atom stereocenters. The van der Waals surface area contributed by atoms with E-state index in [1.54, 1.807) is 42.5 Å². The third-order valence-corrected chi connectivity index (χ3v) is 8.91. The number of hydrogen-bond donors (Lipinski definition) is 4. The van der Waals surface area contributed by atoms with Crippen LogP contribution in [0.4, 0.5) is 10.5 Å². The number of amides is 1. The number of anilines is 1. The first kappa shape index (κ1) is 29.6. The zero-order chi connectivity index (χ0) is 29.7. The Bertz CT molecular complexity index is 1630. The van der Waals surface area contributed by atoms with E-state index >= 15 is 0 Å². The van der Waals surface area contributed by atoms with Crippen LogP contribution in [0.2, 0.25) is 0 Å². The predicted molar refractivity (Wildman–Crippen MR) is 164 cm³/mol. The molecule has 42 heavy (non-hydrogen) atoms. The number of aliphatic hydroxyl groups is 1. The summed E-state index contributed by atoms with van der Waals surface area (Å²) in [7, 11) is -3.72. The molecule has 9 nitrogen and oxygen atoms in total. The molecule has 1 aliphatic rings. The van der Waals surface area contributed by atoms with E-state index in [-0.39, 0.29) is 10.4 Å². The van der Waals surface area contributed by atoms with E-state index in [4.69, 9.17) is 4.74 Å². The topological polar surface area (TPSA) is 122 Å². The Kier molecular flexibility index (Phi) is 8.86. The fraction of sp³-hybridized carbons (Fsp3) is 0.344. The van der Waals surface area contributed by atoms with Gasteiger partial charge in [-0.05, 0) is 93.1 Å². The van der Waals surface area contributed by atoms with E-state index in [9.17, 15) is 18.3 Å². The van der Waals surface area contributed by atoms with Crippen LogP contribution in [-0.2, 0) is 16.6 Å². The lowest BCUT2D eigenvalue weighted by Crippen LogP contribution is -2.42. The maximum atomic E-state index is 12.7. The molecule has 222 valence electrons. The second-order valence-electron chi connectivity index (χ2n) is 11.5. The van der Waals surface area contributed by atoms with Crippen molar-refractivity contribution >= 4 is 32.7 Å². The number of nitrogens with zero attached hydrogens (tertiary/aromatic N) is 1. The second kappa shape index (κ2) is 12.6. The molecule has 0 saturated heterocycles. The number of rotatable bonds is 13. The van der Waals surface area contributed by atoms with Crippen molar-refractivity contribution in [3.8, 4) is 5.75 Å². The van der Waals surface area contributed by atoms with Crippen LogP contribution < -0.4 is 20.1 Å². The summed E-state index contributed by atoms with van der Waals surface area (Å²) in [6, 6.07) is 22.6. The van der Waals surface area contributed by atoms with Gasteiger partial charge in [-0.2, -0.15) is 0 Å². The van der Waals surface area contributed by atoms with Crippen molar-refractivity contribution in [2.75, 3.05) is 17.8 Å². The molecule has 0 bridgehead atoms. The van der Waals surface area contributed by atoms with Crippen molar-refractivity contribution in [2.45, 2.75) is 56.2 Å². The zero-order valence-electron chi connectivity index (χ0n) is 23.9. The summed E-state index contributed by atoms with van der Waals surface area (Å²) in [6.07, 6.45) is 3.91. The van der Waals surface area contributed by atoms with Crippen molar-refractivity contribution < 1.29 is 23.1 Å². The summed E-state index contributed by atoms with van der Waals surface area (Å²) in [6.45, 7) is 5.89. The molecule has 1 atom stereocenters. The fourth-order valence-corrected chi connectivity index (χ4v) is 5.80. The molecule has 4 aromatic rings. The molecule has 10 heteroatoms. The molecule has 1 saturated carbocycles. The normalized spacial score (nSPS) is 14.5. The van der Waals surface area contributed by atoms with Gasteiger partial charge in [-0.1, -0.05) is 30.3 Å². The molecule has 1 fully saturated rings. The number of aliphatic hydroxyl groups excluding tert-OH is 1. The standard InChI is InChI=1S/C32H38N4O5S/c1-32(2,16-18-36-17-15-24-20-27(13-14-29(24)36)41-31(38)33-21-23-11-12-23)34-22-30(37)25-7-6-8-26(19-25)35-42(39,40)28-9-4-3-5-10-28/h3-10,13-15,17,19-20,23,30,34-35,37H,11-12,16,18,21-22H2,1-2H3,(H,33,38)/t30-/m0/s1. The number of carbonyl (C=O) groups is 1. The van der Waals surface area contributed by atoms with Crippen LogP contribution in [0.1, 0.15) is 44.8 Å². The number of sulfonamides is 1. The largest absolute Gasteiger partial charge is 0.412 e. The smallest absolute Gasteiger partial charge is 0.410 e. The molecule has 0 radical (unpaired) electrons. The van der Waals surface area contributed by atoms with Crippen LogP contribution in [0.3, 0.4) is 0 Å². The number of nitrogens with one attached hydrogen (secondary N) is 3. The van der Waals surface area contributed by atoms with E-state index in [1.807, 2.05) is 30.5 Å². The number of benzene rings is 3. The minimum absolute atomic E-state index is 0.176. The molecule has 1 amide bonds. The highest BCUT2D eigenvalue weighted by atomic mass is 32.2. The maximum absolute atomic E-state index is 12.7. The Morgan fingerprint density at radius 2 is 1.83 bits per heavy atom. The summed E-state index contributed by atoms with van der Waals surface area (Å²) >= 11 is 0. The van der Waals surface area contributed by atoms with Crippen LogP contribution in [0.5, 0.6) is 5.75 Å². The van der Waals surface area contributed by atoms with E-state index in [2.05, 4.69) is 33.8 Å². The van der Waals surface area contributed by atoms with E-state index in [1.165, 1.54) is 25.0 Å². The Hall–Kier alpha value is -3.86. The second-order valence-corrected chi connectivity index (χ2v) is 13.2. The Morgan fingerprint density at radius 3 is 2.60 bits per heavy atom. The summed E-state index contributed by atoms with van der Waals surface area (Å²) < 4.78 is 35.6. The first-order chi connectivity index (χ1) is 20.1. The minimum Gasteiger partial charge on any atom is -0.410 e. The first-order valence-corrected chi connectivity index (χ1v) is 15.7. The molecule has 4 N–H and O–H groups in total. The van der Waals surface area contributed by atoms with Crippen molar-refractivity contribution in [3.05, 3.63) is 90.6 Å². The van der Waals surface area contributed by atoms with Gasteiger partial charge in [-0.25, -0.2) is 13.2 Å². The lowest BCUT2D eigenvalue weighted by atomic mass is 9.99. The van der Waals surface area contributed by atoms with Gasteiger partial charge in [0.05, 0.1) is 11.0 Å². The SMILES string of the molecule is CC(C)(CCn1ccc2cc(OC(=O)NCC3CC3)ccc21)NC[C@H](O)c1cccc(NS(=O)(=O)c2ccccc2)c1. The van der Waals surface area contributed by atoms with Crippen molar-refractivity contribution in [3.63, 3.8) is 0 Å². The summed E-state index contributed by atoms with van der Waals surface area (Å²) in [5, 5.41) is 18.1. The number of aromatic nitrogens is 1. The number of aryl methyl sites for hydroxylation is 1. The summed E-state index contributed by atoms with van der Waals surface area (Å²) in [4.78, 5) is 12.2. The van der Waals surface area contributed by atoms with Gasteiger partial charge in [0.25, 0.3) is 10.0 Å². The van der Waals surface area contributed by atoms with E-state index in [0.717, 1.165) is 23.9 Å². The fourth-order valence-electron chi connectivity index (χ4n) is 4.73. The number of carbonyl (C=O) groups excluding carboxylic acids is 1. The number of ether oxygens (including phenoxy) is 1. The molecule has 5 rings (SSSR count). The molecule has 0 aliphatic heterocycles. The van der Waals surface area contributed by atoms with Crippen molar-refractivity contribution in [2.24, 2.45) is 5.92 Å². The van der Waals surface area contributed by atoms with Gasteiger partial charge in [0.15, 0.2) is 0 Å². The average Bonchev–Trinajstić information content (AvgIpc) is 3.72. The molecule has 1 aromatic heterocycles.